The molecule has 1 aliphatic heterocycles. The molecule has 2 heterocycles. The van der Waals surface area contributed by atoms with Gasteiger partial charge in [-0.25, -0.2) is 0 Å². The minimum absolute atomic E-state index is 0.0539. The van der Waals surface area contributed by atoms with Crippen LogP contribution in [0.2, 0.25) is 0 Å². The van der Waals surface area contributed by atoms with Gasteiger partial charge in [-0.15, -0.1) is 0 Å². The van der Waals surface area contributed by atoms with Crippen LogP contribution in [0.15, 0.2) is 24.5 Å². The monoisotopic (exact) mass is 379 g/mol. The van der Waals surface area contributed by atoms with Gasteiger partial charge in [-0.1, -0.05) is 6.92 Å². The van der Waals surface area contributed by atoms with Crippen LogP contribution in [0.4, 0.5) is 5.69 Å². The Bertz CT molecular complexity index is 896. The summed E-state index contributed by atoms with van der Waals surface area (Å²) in [6.45, 7) is 10.6. The van der Waals surface area contributed by atoms with Crippen molar-refractivity contribution in [3.8, 4) is 6.07 Å². The van der Waals surface area contributed by atoms with E-state index < -0.39 is 0 Å². The Morgan fingerprint density at radius 2 is 1.96 bits per heavy atom. The number of fused-ring (bicyclic) bond motifs is 1. The zero-order chi connectivity index (χ0) is 20.3. The van der Waals surface area contributed by atoms with Crippen LogP contribution in [0, 0.1) is 23.2 Å². The largest absolute Gasteiger partial charge is 0.369 e. The van der Waals surface area contributed by atoms with Crippen LogP contribution in [0.25, 0.3) is 11.0 Å². The molecule has 1 fully saturated rings. The molecule has 0 aliphatic carbocycles. The number of nitrogens with one attached hydrogen (secondary N) is 1. The topological polar surface area (TPSA) is 81.9 Å². The standard InChI is InChI=1S/C22H29N5O/c1-15-9-16(10-18(28)12-26-22(2,3)4)14-27(13-15)19-6-5-17(11-23)20-21(19)25-8-7-24-20/h5-8,15-16,26H,9-10,12-14H2,1-4H3/t15-,16-/m0/s1. The number of rotatable bonds is 5. The molecule has 0 unspecified atom stereocenters. The highest BCUT2D eigenvalue weighted by atomic mass is 16.1. The van der Waals surface area contributed by atoms with E-state index in [4.69, 9.17) is 0 Å². The minimum Gasteiger partial charge on any atom is -0.369 e. The number of benzene rings is 1. The number of carbonyl (C=O) groups is 1. The van der Waals surface area contributed by atoms with Gasteiger partial charge < -0.3 is 10.2 Å². The number of carbonyl (C=O) groups excluding carboxylic acids is 1. The molecule has 2 atom stereocenters. The molecule has 1 saturated heterocycles. The summed E-state index contributed by atoms with van der Waals surface area (Å²) in [5.41, 5.74) is 2.88. The Morgan fingerprint density at radius 1 is 1.25 bits per heavy atom. The fraction of sp³-hybridized carbons (Fsp3) is 0.545. The summed E-state index contributed by atoms with van der Waals surface area (Å²) in [5, 5.41) is 12.6. The lowest BCUT2D eigenvalue weighted by molar-refractivity contribution is -0.119. The van der Waals surface area contributed by atoms with Crippen molar-refractivity contribution >= 4 is 22.5 Å². The van der Waals surface area contributed by atoms with Crippen molar-refractivity contribution in [1.82, 2.24) is 15.3 Å². The number of nitriles is 1. The average molecular weight is 380 g/mol. The van der Waals surface area contributed by atoms with Crippen molar-refractivity contribution < 1.29 is 4.79 Å². The highest BCUT2D eigenvalue weighted by Crippen LogP contribution is 2.32. The number of Topliss-reactive ketones (excluding diaryl/α,β-unsaturated/α-hetero) is 1. The fourth-order valence-corrected chi connectivity index (χ4v) is 3.97. The van der Waals surface area contributed by atoms with Gasteiger partial charge in [0, 0.05) is 37.4 Å². The number of nitrogens with zero attached hydrogens (tertiary/aromatic N) is 4. The number of hydrogen-bond acceptors (Lipinski definition) is 6. The van der Waals surface area contributed by atoms with Gasteiger partial charge in [0.15, 0.2) is 0 Å². The molecule has 6 nitrogen and oxygen atoms in total. The third-order valence-electron chi connectivity index (χ3n) is 5.14. The molecular weight excluding hydrogens is 350 g/mol. The van der Waals surface area contributed by atoms with E-state index in [9.17, 15) is 10.1 Å². The Balaban J connectivity index is 1.78. The highest BCUT2D eigenvalue weighted by Gasteiger charge is 2.28. The Morgan fingerprint density at radius 3 is 2.64 bits per heavy atom. The first-order chi connectivity index (χ1) is 13.3. The van der Waals surface area contributed by atoms with Crippen molar-refractivity contribution in [3.63, 3.8) is 0 Å². The van der Waals surface area contributed by atoms with Gasteiger partial charge in [-0.05, 0) is 51.2 Å². The molecular formula is C22H29N5O. The summed E-state index contributed by atoms with van der Waals surface area (Å²) < 4.78 is 0. The normalized spacial score (nSPS) is 20.2. The number of piperidine rings is 1. The van der Waals surface area contributed by atoms with Crippen LogP contribution < -0.4 is 10.2 Å². The van der Waals surface area contributed by atoms with E-state index in [2.05, 4.69) is 53.9 Å². The van der Waals surface area contributed by atoms with E-state index in [0.29, 0.717) is 35.9 Å². The van der Waals surface area contributed by atoms with E-state index in [-0.39, 0.29) is 11.3 Å². The number of ketones is 1. The van der Waals surface area contributed by atoms with Crippen molar-refractivity contribution in [2.75, 3.05) is 24.5 Å². The summed E-state index contributed by atoms with van der Waals surface area (Å²) in [6.07, 6.45) is 4.93. The SMILES string of the molecule is C[C@H]1C[C@@H](CC(=O)CNC(C)(C)C)CN(c2ccc(C#N)c3nccnc23)C1. The summed E-state index contributed by atoms with van der Waals surface area (Å²) in [4.78, 5) is 23.6. The molecule has 0 radical (unpaired) electrons. The van der Waals surface area contributed by atoms with Gasteiger partial charge in [0.1, 0.15) is 22.9 Å². The predicted molar refractivity (Wildman–Crippen MR) is 111 cm³/mol. The third-order valence-corrected chi connectivity index (χ3v) is 5.14. The van der Waals surface area contributed by atoms with Gasteiger partial charge in [0.05, 0.1) is 17.8 Å². The van der Waals surface area contributed by atoms with Crippen LogP contribution in [0.1, 0.15) is 46.1 Å². The maximum absolute atomic E-state index is 12.5. The molecule has 3 rings (SSSR count). The molecule has 0 amide bonds. The summed E-state index contributed by atoms with van der Waals surface area (Å²) >= 11 is 0. The maximum atomic E-state index is 12.5. The summed E-state index contributed by atoms with van der Waals surface area (Å²) in [6, 6.07) is 5.98. The number of hydrogen-bond donors (Lipinski definition) is 1. The highest BCUT2D eigenvalue weighted by molar-refractivity contribution is 5.92. The van der Waals surface area contributed by atoms with Gasteiger partial charge >= 0.3 is 0 Å². The number of anilines is 1. The van der Waals surface area contributed by atoms with Crippen LogP contribution in [-0.4, -0.2) is 40.9 Å². The van der Waals surface area contributed by atoms with E-state index >= 15 is 0 Å². The second kappa shape index (κ2) is 8.24. The van der Waals surface area contributed by atoms with Crippen molar-refractivity contribution in [2.24, 2.45) is 11.8 Å². The van der Waals surface area contributed by atoms with Crippen LogP contribution >= 0.6 is 0 Å². The first kappa shape index (κ1) is 20.2. The summed E-state index contributed by atoms with van der Waals surface area (Å²) in [5.74, 6) is 1.07. The fourth-order valence-electron chi connectivity index (χ4n) is 3.97. The third kappa shape index (κ3) is 4.85. The second-order valence-electron chi connectivity index (χ2n) is 8.96. The second-order valence-corrected chi connectivity index (χ2v) is 8.96. The van der Waals surface area contributed by atoms with E-state index in [1.165, 1.54) is 0 Å². The predicted octanol–water partition coefficient (Wildman–Crippen LogP) is 3.31. The number of aromatic nitrogens is 2. The molecule has 1 aromatic heterocycles. The van der Waals surface area contributed by atoms with Crippen molar-refractivity contribution in [3.05, 3.63) is 30.1 Å². The van der Waals surface area contributed by atoms with Gasteiger partial charge in [0.2, 0.25) is 0 Å². The summed E-state index contributed by atoms with van der Waals surface area (Å²) in [7, 11) is 0. The first-order valence-corrected chi connectivity index (χ1v) is 9.92. The zero-order valence-electron chi connectivity index (χ0n) is 17.2. The molecule has 1 aliphatic rings. The van der Waals surface area contributed by atoms with E-state index in [1.807, 2.05) is 12.1 Å². The lowest BCUT2D eigenvalue weighted by atomic mass is 9.86. The maximum Gasteiger partial charge on any atom is 0.146 e. The van der Waals surface area contributed by atoms with E-state index in [0.717, 1.165) is 30.7 Å². The zero-order valence-corrected chi connectivity index (χ0v) is 17.2. The molecule has 1 N–H and O–H groups in total. The van der Waals surface area contributed by atoms with Gasteiger partial charge in [-0.2, -0.15) is 5.26 Å². The molecule has 0 bridgehead atoms. The molecule has 0 saturated carbocycles. The minimum atomic E-state index is -0.0539. The lowest BCUT2D eigenvalue weighted by Crippen LogP contribution is -2.43. The molecule has 28 heavy (non-hydrogen) atoms. The van der Waals surface area contributed by atoms with Gasteiger partial charge in [0.25, 0.3) is 0 Å². The van der Waals surface area contributed by atoms with E-state index in [1.54, 1.807) is 12.4 Å². The lowest BCUT2D eigenvalue weighted by Gasteiger charge is -2.38. The van der Waals surface area contributed by atoms with Crippen molar-refractivity contribution in [2.45, 2.75) is 46.1 Å². The Kier molecular flexibility index (Phi) is 5.95. The molecule has 0 spiro atoms. The van der Waals surface area contributed by atoms with Crippen LogP contribution in [0.3, 0.4) is 0 Å². The quantitative estimate of drug-likeness (QED) is 0.858. The molecule has 6 heteroatoms. The Labute approximate surface area is 167 Å². The van der Waals surface area contributed by atoms with Gasteiger partial charge in [-0.3, -0.25) is 14.8 Å². The van der Waals surface area contributed by atoms with Crippen LogP contribution in [-0.2, 0) is 4.79 Å². The smallest absolute Gasteiger partial charge is 0.146 e. The first-order valence-electron chi connectivity index (χ1n) is 9.92. The molecule has 2 aromatic rings. The van der Waals surface area contributed by atoms with Crippen molar-refractivity contribution in [1.29, 1.82) is 5.26 Å². The van der Waals surface area contributed by atoms with Crippen LogP contribution in [0.5, 0.6) is 0 Å². The Hall–Kier alpha value is -2.52. The molecule has 1 aromatic carbocycles. The molecule has 148 valence electrons. The average Bonchev–Trinajstić information content (AvgIpc) is 2.64.